The highest BCUT2D eigenvalue weighted by Gasteiger charge is 2.65. The van der Waals surface area contributed by atoms with Crippen LogP contribution >= 0.6 is 0 Å². The van der Waals surface area contributed by atoms with Crippen LogP contribution in [0, 0.1) is 46.3 Å². The van der Waals surface area contributed by atoms with Crippen molar-refractivity contribution >= 4 is 5.78 Å². The molecule has 0 aromatic heterocycles. The average Bonchev–Trinajstić information content (AvgIpc) is 3.11. The molecule has 4 rings (SSSR count). The van der Waals surface area contributed by atoms with Gasteiger partial charge >= 0.3 is 0 Å². The molecule has 0 aromatic carbocycles. The maximum absolute atomic E-state index is 12.2. The molecule has 32 heavy (non-hydrogen) atoms. The second-order valence-electron chi connectivity index (χ2n) is 12.4. The summed E-state index contributed by atoms with van der Waals surface area (Å²) in [6.45, 7) is 7.03. The van der Waals surface area contributed by atoms with E-state index in [4.69, 9.17) is 11.5 Å². The van der Waals surface area contributed by atoms with E-state index in [1.165, 1.54) is 0 Å². The molecule has 4 aliphatic carbocycles. The Kier molecular flexibility index (Phi) is 6.85. The number of hydrogen-bond donors (Lipinski definition) is 5. The third kappa shape index (κ3) is 3.78. The van der Waals surface area contributed by atoms with Crippen LogP contribution in [0.5, 0.6) is 0 Å². The van der Waals surface area contributed by atoms with Crippen molar-refractivity contribution in [3.63, 3.8) is 0 Å². The molecule has 0 bridgehead atoms. The summed E-state index contributed by atoms with van der Waals surface area (Å²) in [7, 11) is 0. The van der Waals surface area contributed by atoms with Crippen LogP contribution in [-0.4, -0.2) is 52.0 Å². The fourth-order valence-electron chi connectivity index (χ4n) is 9.02. The van der Waals surface area contributed by atoms with E-state index >= 15 is 0 Å². The molecule has 4 aliphatic rings. The van der Waals surface area contributed by atoms with Gasteiger partial charge in [0.15, 0.2) is 5.78 Å². The number of aliphatic hydroxyl groups excluding tert-OH is 3. The molecule has 4 fully saturated rings. The number of nitrogens with two attached hydrogens (primary N) is 2. The Morgan fingerprint density at radius 1 is 1.06 bits per heavy atom. The highest BCUT2D eigenvalue weighted by Crippen LogP contribution is 2.68. The van der Waals surface area contributed by atoms with Gasteiger partial charge in [-0.15, -0.1) is 0 Å². The first-order valence-electron chi connectivity index (χ1n) is 13.1. The van der Waals surface area contributed by atoms with Crippen LogP contribution in [0.4, 0.5) is 0 Å². The normalized spacial score (nSPS) is 50.1. The molecular formula is C26H46N2O4. The van der Waals surface area contributed by atoms with Gasteiger partial charge in [-0.2, -0.15) is 0 Å². The molecule has 0 heterocycles. The van der Waals surface area contributed by atoms with E-state index in [1.807, 2.05) is 0 Å². The molecule has 0 aromatic rings. The smallest absolute Gasteiger partial charge is 0.150 e. The second kappa shape index (κ2) is 8.92. The Morgan fingerprint density at radius 2 is 1.78 bits per heavy atom. The first kappa shape index (κ1) is 24.6. The maximum Gasteiger partial charge on any atom is 0.150 e. The lowest BCUT2D eigenvalue weighted by atomic mass is 9.43. The highest BCUT2D eigenvalue weighted by atomic mass is 16.3. The summed E-state index contributed by atoms with van der Waals surface area (Å²) in [6.07, 6.45) is 6.47. The summed E-state index contributed by atoms with van der Waals surface area (Å²) in [4.78, 5) is 12.2. The Labute approximate surface area is 193 Å². The lowest BCUT2D eigenvalue weighted by molar-refractivity contribution is -0.207. The van der Waals surface area contributed by atoms with Gasteiger partial charge in [-0.05, 0) is 97.7 Å². The third-order valence-electron chi connectivity index (χ3n) is 11.0. The molecule has 4 saturated carbocycles. The molecule has 184 valence electrons. The summed E-state index contributed by atoms with van der Waals surface area (Å²) in [5.41, 5.74) is 11.2. The van der Waals surface area contributed by atoms with Crippen LogP contribution in [-0.2, 0) is 4.79 Å². The van der Waals surface area contributed by atoms with Crippen LogP contribution in [0.25, 0.3) is 0 Å². The Balaban J connectivity index is 1.53. The van der Waals surface area contributed by atoms with Crippen molar-refractivity contribution < 1.29 is 20.1 Å². The second-order valence-corrected chi connectivity index (χ2v) is 12.4. The van der Waals surface area contributed by atoms with Crippen molar-refractivity contribution in [3.8, 4) is 0 Å². The highest BCUT2D eigenvalue weighted by molar-refractivity contribution is 5.83. The third-order valence-corrected chi connectivity index (χ3v) is 11.0. The quantitative estimate of drug-likeness (QED) is 0.422. The summed E-state index contributed by atoms with van der Waals surface area (Å²) >= 11 is 0. The van der Waals surface area contributed by atoms with Crippen molar-refractivity contribution in [1.82, 2.24) is 0 Å². The van der Waals surface area contributed by atoms with Gasteiger partial charge in [0, 0.05) is 13.0 Å². The van der Waals surface area contributed by atoms with Gasteiger partial charge in [0.05, 0.1) is 24.4 Å². The molecule has 12 atom stereocenters. The largest absolute Gasteiger partial charge is 0.393 e. The molecule has 6 nitrogen and oxygen atoms in total. The molecule has 0 saturated heterocycles. The van der Waals surface area contributed by atoms with E-state index in [0.29, 0.717) is 36.0 Å². The number of hydrogen-bond acceptors (Lipinski definition) is 6. The van der Waals surface area contributed by atoms with Crippen molar-refractivity contribution in [3.05, 3.63) is 0 Å². The molecule has 6 heteroatoms. The van der Waals surface area contributed by atoms with E-state index in [1.54, 1.807) is 0 Å². The molecule has 0 amide bonds. The predicted octanol–water partition coefficient (Wildman–Crippen LogP) is 2.22. The van der Waals surface area contributed by atoms with Gasteiger partial charge in [0.1, 0.15) is 0 Å². The molecule has 7 N–H and O–H groups in total. The Hall–Kier alpha value is -0.530. The summed E-state index contributed by atoms with van der Waals surface area (Å²) in [5.74, 6) is 1.89. The molecule has 0 spiro atoms. The predicted molar refractivity (Wildman–Crippen MR) is 124 cm³/mol. The standard InChI is InChI=1S/C26H46N2O4/c1-14(4-7-21(30)20(28)13-27)17-5-6-18-24-19(12-23(32)26(17,18)3)25(2)9-8-16(29)10-15(25)11-22(24)31/h14-20,22-24,29,31-32H,4-13,27-28H2,1-3H3. The van der Waals surface area contributed by atoms with E-state index in [9.17, 15) is 20.1 Å². The zero-order valence-corrected chi connectivity index (χ0v) is 20.2. The molecule has 0 radical (unpaired) electrons. The van der Waals surface area contributed by atoms with Gasteiger partial charge < -0.3 is 26.8 Å². The van der Waals surface area contributed by atoms with Crippen LogP contribution in [0.3, 0.4) is 0 Å². The van der Waals surface area contributed by atoms with Crippen molar-refractivity contribution in [2.75, 3.05) is 6.54 Å². The molecule has 0 aliphatic heterocycles. The average molecular weight is 451 g/mol. The first-order valence-corrected chi connectivity index (χ1v) is 13.1. The minimum atomic E-state index is -0.574. The summed E-state index contributed by atoms with van der Waals surface area (Å²) in [5, 5.41) is 33.2. The van der Waals surface area contributed by atoms with Gasteiger partial charge in [-0.1, -0.05) is 20.8 Å². The van der Waals surface area contributed by atoms with Crippen molar-refractivity contribution in [2.45, 2.75) is 103 Å². The van der Waals surface area contributed by atoms with Crippen molar-refractivity contribution in [1.29, 1.82) is 0 Å². The zero-order chi connectivity index (χ0) is 23.4. The van der Waals surface area contributed by atoms with Crippen LogP contribution in [0.15, 0.2) is 0 Å². The Bertz CT molecular complexity index is 703. The minimum Gasteiger partial charge on any atom is -0.393 e. The van der Waals surface area contributed by atoms with Gasteiger partial charge in [0.2, 0.25) is 0 Å². The first-order chi connectivity index (χ1) is 15.0. The topological polar surface area (TPSA) is 130 Å². The van der Waals surface area contributed by atoms with Gasteiger partial charge in [-0.25, -0.2) is 0 Å². The lowest BCUT2D eigenvalue weighted by Gasteiger charge is -2.63. The van der Waals surface area contributed by atoms with E-state index in [0.717, 1.165) is 51.4 Å². The number of carbonyl (C=O) groups excluding carboxylic acids is 1. The van der Waals surface area contributed by atoms with Crippen LogP contribution in [0.1, 0.15) is 78.6 Å². The fourth-order valence-corrected chi connectivity index (χ4v) is 9.02. The van der Waals surface area contributed by atoms with Crippen LogP contribution < -0.4 is 11.5 Å². The zero-order valence-electron chi connectivity index (χ0n) is 20.2. The number of Topliss-reactive ketones (excluding diaryl/α,β-unsaturated/α-hetero) is 1. The van der Waals surface area contributed by atoms with Crippen LogP contribution in [0.2, 0.25) is 0 Å². The summed E-state index contributed by atoms with van der Waals surface area (Å²) in [6, 6.07) is -0.574. The Morgan fingerprint density at radius 3 is 2.47 bits per heavy atom. The lowest BCUT2D eigenvalue weighted by Crippen LogP contribution is -2.62. The number of carbonyl (C=O) groups is 1. The monoisotopic (exact) mass is 450 g/mol. The van der Waals surface area contributed by atoms with Gasteiger partial charge in [0.25, 0.3) is 0 Å². The van der Waals surface area contributed by atoms with E-state index < -0.39 is 6.04 Å². The van der Waals surface area contributed by atoms with Gasteiger partial charge in [-0.3, -0.25) is 4.79 Å². The number of fused-ring (bicyclic) bond motifs is 5. The van der Waals surface area contributed by atoms with E-state index in [-0.39, 0.29) is 47.4 Å². The molecule has 12 unspecified atom stereocenters. The van der Waals surface area contributed by atoms with Crippen molar-refractivity contribution in [2.24, 2.45) is 57.8 Å². The number of rotatable bonds is 6. The SMILES string of the molecule is CC(CCC(=O)C(N)CN)C1CCC2C3C(O)CC4CC(O)CCC4(C)C3CC(O)C12C. The fraction of sp³-hybridized carbons (Fsp3) is 0.962. The maximum atomic E-state index is 12.2. The van der Waals surface area contributed by atoms with E-state index in [2.05, 4.69) is 20.8 Å². The minimum absolute atomic E-state index is 0.0319. The molecular weight excluding hydrogens is 404 g/mol. The number of aliphatic hydroxyl groups is 3. The number of ketones is 1. The summed E-state index contributed by atoms with van der Waals surface area (Å²) < 4.78 is 0.